The first-order valence-corrected chi connectivity index (χ1v) is 9.79. The van der Waals surface area contributed by atoms with Crippen LogP contribution in [0.1, 0.15) is 26.3 Å². The molecule has 0 aromatic heterocycles. The van der Waals surface area contributed by atoms with Gasteiger partial charge in [0, 0.05) is 17.6 Å². The predicted molar refractivity (Wildman–Crippen MR) is 113 cm³/mol. The van der Waals surface area contributed by atoms with Crippen molar-refractivity contribution in [3.8, 4) is 11.5 Å². The lowest BCUT2D eigenvalue weighted by molar-refractivity contribution is -0.142. The Hall–Kier alpha value is -2.73. The molecule has 2 aromatic rings. The number of hydrogen-bond acceptors (Lipinski definition) is 4. The Kier molecular flexibility index (Phi) is 8.34. The van der Waals surface area contributed by atoms with E-state index in [2.05, 4.69) is 5.32 Å². The van der Waals surface area contributed by atoms with Crippen LogP contribution in [0, 0.1) is 0 Å². The van der Waals surface area contributed by atoms with Crippen molar-refractivity contribution < 1.29 is 19.1 Å². The summed E-state index contributed by atoms with van der Waals surface area (Å²) in [6.07, 6.45) is 0. The molecule has 0 spiro atoms. The maximum atomic E-state index is 13.0. The molecule has 7 heteroatoms. The lowest BCUT2D eigenvalue weighted by atomic mass is 10.1. The quantitative estimate of drug-likeness (QED) is 0.674. The van der Waals surface area contributed by atoms with Crippen LogP contribution in [0.5, 0.6) is 11.5 Å². The molecule has 0 saturated carbocycles. The van der Waals surface area contributed by atoms with E-state index in [1.54, 1.807) is 37.3 Å². The zero-order chi connectivity index (χ0) is 21.4. The largest absolute Gasteiger partial charge is 0.493 e. The van der Waals surface area contributed by atoms with E-state index in [-0.39, 0.29) is 31.0 Å². The predicted octanol–water partition coefficient (Wildman–Crippen LogP) is 3.67. The summed E-state index contributed by atoms with van der Waals surface area (Å²) in [5.41, 5.74) is 0.865. The number of halogens is 1. The summed E-state index contributed by atoms with van der Waals surface area (Å²) in [5.74, 6) is 0.473. The molecule has 0 radical (unpaired) electrons. The second-order valence-electron chi connectivity index (χ2n) is 6.93. The molecule has 0 aliphatic heterocycles. The fourth-order valence-electron chi connectivity index (χ4n) is 2.73. The third-order valence-corrected chi connectivity index (χ3v) is 4.54. The summed E-state index contributed by atoms with van der Waals surface area (Å²) < 4.78 is 10.9. The van der Waals surface area contributed by atoms with Gasteiger partial charge in [-0.1, -0.05) is 35.9 Å². The van der Waals surface area contributed by atoms with Crippen LogP contribution in [0.25, 0.3) is 0 Å². The van der Waals surface area contributed by atoms with Gasteiger partial charge in [0.15, 0.2) is 18.1 Å². The molecule has 2 amide bonds. The van der Waals surface area contributed by atoms with E-state index in [1.165, 1.54) is 12.0 Å². The molecule has 29 heavy (non-hydrogen) atoms. The number of nitrogens with one attached hydrogen (secondary N) is 1. The Morgan fingerprint density at radius 2 is 1.66 bits per heavy atom. The zero-order valence-corrected chi connectivity index (χ0v) is 17.9. The first-order chi connectivity index (χ1) is 13.8. The average molecular weight is 419 g/mol. The topological polar surface area (TPSA) is 67.9 Å². The molecule has 1 atom stereocenters. The molecule has 0 heterocycles. The van der Waals surface area contributed by atoms with Crippen molar-refractivity contribution in [2.45, 2.75) is 39.4 Å². The zero-order valence-electron chi connectivity index (χ0n) is 17.1. The number of rotatable bonds is 9. The van der Waals surface area contributed by atoms with E-state index in [9.17, 15) is 9.59 Å². The minimum atomic E-state index is -0.665. The summed E-state index contributed by atoms with van der Waals surface area (Å²) in [6.45, 7) is 5.50. The molecule has 2 rings (SSSR count). The molecule has 0 saturated heterocycles. The van der Waals surface area contributed by atoms with Gasteiger partial charge in [0.2, 0.25) is 5.91 Å². The van der Waals surface area contributed by atoms with Crippen molar-refractivity contribution in [2.24, 2.45) is 0 Å². The third kappa shape index (κ3) is 6.68. The molecule has 1 N–H and O–H groups in total. The Bertz CT molecular complexity index is 824. The van der Waals surface area contributed by atoms with Crippen LogP contribution in [0.15, 0.2) is 48.5 Å². The smallest absolute Gasteiger partial charge is 0.261 e. The van der Waals surface area contributed by atoms with Gasteiger partial charge in [0.1, 0.15) is 6.04 Å². The molecule has 156 valence electrons. The summed E-state index contributed by atoms with van der Waals surface area (Å²) in [7, 11) is 1.54. The lowest BCUT2D eigenvalue weighted by Gasteiger charge is -2.29. The van der Waals surface area contributed by atoms with Crippen molar-refractivity contribution in [2.75, 3.05) is 13.7 Å². The molecule has 0 fully saturated rings. The van der Waals surface area contributed by atoms with Crippen molar-refractivity contribution in [3.05, 3.63) is 59.1 Å². The molecular formula is C22H27ClN2O4. The van der Waals surface area contributed by atoms with Crippen molar-refractivity contribution >= 4 is 23.4 Å². The van der Waals surface area contributed by atoms with Gasteiger partial charge >= 0.3 is 0 Å². The van der Waals surface area contributed by atoms with Gasteiger partial charge in [-0.15, -0.1) is 0 Å². The van der Waals surface area contributed by atoms with Crippen LogP contribution in [0.3, 0.4) is 0 Å². The van der Waals surface area contributed by atoms with E-state index < -0.39 is 6.04 Å². The number of nitrogens with zero attached hydrogens (tertiary/aromatic N) is 1. The van der Waals surface area contributed by atoms with Gasteiger partial charge in [-0.25, -0.2) is 0 Å². The van der Waals surface area contributed by atoms with E-state index in [0.29, 0.717) is 16.5 Å². The van der Waals surface area contributed by atoms with Crippen molar-refractivity contribution in [1.29, 1.82) is 0 Å². The molecule has 2 aromatic carbocycles. The van der Waals surface area contributed by atoms with E-state index in [1.807, 2.05) is 32.0 Å². The Labute approximate surface area is 176 Å². The number of ether oxygens (including phenoxy) is 2. The van der Waals surface area contributed by atoms with Gasteiger partial charge in [-0.2, -0.15) is 0 Å². The molecule has 6 nitrogen and oxygen atoms in total. The fourth-order valence-corrected chi connectivity index (χ4v) is 2.86. The van der Waals surface area contributed by atoms with Crippen LogP contribution in [0.4, 0.5) is 0 Å². The maximum Gasteiger partial charge on any atom is 0.261 e. The van der Waals surface area contributed by atoms with Gasteiger partial charge in [0.05, 0.1) is 7.11 Å². The monoisotopic (exact) mass is 418 g/mol. The SMILES string of the molecule is COc1ccccc1OCC(=O)N(Cc1ccc(Cl)cc1)[C@H](C)C(=O)NC(C)C. The third-order valence-electron chi connectivity index (χ3n) is 4.28. The maximum absolute atomic E-state index is 13.0. The highest BCUT2D eigenvalue weighted by Gasteiger charge is 2.27. The van der Waals surface area contributed by atoms with Crippen LogP contribution in [-0.2, 0) is 16.1 Å². The highest BCUT2D eigenvalue weighted by molar-refractivity contribution is 6.30. The molecule has 0 bridgehead atoms. The highest BCUT2D eigenvalue weighted by atomic mass is 35.5. The van der Waals surface area contributed by atoms with Crippen molar-refractivity contribution in [3.63, 3.8) is 0 Å². The molecular weight excluding hydrogens is 392 g/mol. The highest BCUT2D eigenvalue weighted by Crippen LogP contribution is 2.26. The first-order valence-electron chi connectivity index (χ1n) is 9.42. The fraction of sp³-hybridized carbons (Fsp3) is 0.364. The van der Waals surface area contributed by atoms with Crippen LogP contribution in [-0.4, -0.2) is 42.5 Å². The van der Waals surface area contributed by atoms with Crippen molar-refractivity contribution in [1.82, 2.24) is 10.2 Å². The Morgan fingerprint density at radius 1 is 1.03 bits per heavy atom. The summed E-state index contributed by atoms with van der Waals surface area (Å²) in [6, 6.07) is 13.6. The number of amides is 2. The summed E-state index contributed by atoms with van der Waals surface area (Å²) in [4.78, 5) is 27.0. The average Bonchev–Trinajstić information content (AvgIpc) is 2.70. The molecule has 0 aliphatic carbocycles. The minimum absolute atomic E-state index is 0.0257. The van der Waals surface area contributed by atoms with Crippen LogP contribution >= 0.6 is 11.6 Å². The normalized spacial score (nSPS) is 11.7. The lowest BCUT2D eigenvalue weighted by Crippen LogP contribution is -2.50. The van der Waals surface area contributed by atoms with Gasteiger partial charge in [-0.3, -0.25) is 9.59 Å². The standard InChI is InChI=1S/C22H27ClN2O4/c1-15(2)24-22(27)16(3)25(13-17-9-11-18(23)12-10-17)21(26)14-29-20-8-6-5-7-19(20)28-4/h5-12,15-16H,13-14H2,1-4H3,(H,24,27)/t16-/m1/s1. The number of carbonyl (C=O) groups is 2. The van der Waals surface area contributed by atoms with E-state index >= 15 is 0 Å². The van der Waals surface area contributed by atoms with Crippen LogP contribution in [0.2, 0.25) is 5.02 Å². The number of carbonyl (C=O) groups excluding carboxylic acids is 2. The van der Waals surface area contributed by atoms with Crippen LogP contribution < -0.4 is 14.8 Å². The number of methoxy groups -OCH3 is 1. The Balaban J connectivity index is 2.16. The van der Waals surface area contributed by atoms with Gasteiger partial charge in [-0.05, 0) is 50.6 Å². The minimum Gasteiger partial charge on any atom is -0.493 e. The number of para-hydroxylation sites is 2. The van der Waals surface area contributed by atoms with E-state index in [0.717, 1.165) is 5.56 Å². The van der Waals surface area contributed by atoms with E-state index in [4.69, 9.17) is 21.1 Å². The number of benzene rings is 2. The summed E-state index contributed by atoms with van der Waals surface area (Å²) >= 11 is 5.95. The second kappa shape index (κ2) is 10.7. The van der Waals surface area contributed by atoms with Gasteiger partial charge < -0.3 is 19.7 Å². The van der Waals surface area contributed by atoms with Gasteiger partial charge in [0.25, 0.3) is 5.91 Å². The summed E-state index contributed by atoms with van der Waals surface area (Å²) in [5, 5.41) is 3.46. The second-order valence-corrected chi connectivity index (χ2v) is 7.36. The molecule has 0 unspecified atom stereocenters. The molecule has 0 aliphatic rings. The number of hydrogen-bond donors (Lipinski definition) is 1. The first kappa shape index (κ1) is 22.6. The Morgan fingerprint density at radius 3 is 2.24 bits per heavy atom.